The van der Waals surface area contributed by atoms with Crippen LogP contribution in [0.3, 0.4) is 0 Å². The molecule has 154 valence electrons. The maximum Gasteiger partial charge on any atom is 0.322 e. The average Bonchev–Trinajstić information content (AvgIpc) is 3.08. The standard InChI is InChI=1S/C24H20ClN5O/c1-30-22-13-18(26)6-10-21(22)28-23(30)11-4-15-2-7-19(8-3-15)31-24-27-14-16-12-17(25)5-9-20(16)29-24/h2-3,5-10,12-14H,4,11,26H2,1H3. The summed E-state index contributed by atoms with van der Waals surface area (Å²) < 4.78 is 7.93. The number of anilines is 1. The maximum atomic E-state index is 6.01. The van der Waals surface area contributed by atoms with Crippen molar-refractivity contribution >= 4 is 39.2 Å². The highest BCUT2D eigenvalue weighted by Gasteiger charge is 2.09. The number of aromatic nitrogens is 4. The Kier molecular flexibility index (Phi) is 4.92. The van der Waals surface area contributed by atoms with Gasteiger partial charge in [0.25, 0.3) is 0 Å². The van der Waals surface area contributed by atoms with Gasteiger partial charge in [-0.25, -0.2) is 9.97 Å². The molecule has 0 aliphatic rings. The van der Waals surface area contributed by atoms with E-state index in [1.807, 2.05) is 49.5 Å². The average molecular weight is 430 g/mol. The second-order valence-electron chi connectivity index (χ2n) is 7.44. The van der Waals surface area contributed by atoms with E-state index in [2.05, 4.69) is 26.7 Å². The lowest BCUT2D eigenvalue weighted by Crippen LogP contribution is -2.00. The molecule has 7 heteroatoms. The van der Waals surface area contributed by atoms with E-state index in [-0.39, 0.29) is 0 Å². The minimum atomic E-state index is 0.307. The van der Waals surface area contributed by atoms with Crippen molar-refractivity contribution in [1.29, 1.82) is 0 Å². The summed E-state index contributed by atoms with van der Waals surface area (Å²) in [6.45, 7) is 0. The highest BCUT2D eigenvalue weighted by atomic mass is 35.5. The molecule has 0 bridgehead atoms. The first kappa shape index (κ1) is 19.3. The van der Waals surface area contributed by atoms with Crippen molar-refractivity contribution in [1.82, 2.24) is 19.5 Å². The predicted molar refractivity (Wildman–Crippen MR) is 124 cm³/mol. The lowest BCUT2D eigenvalue weighted by Gasteiger charge is -2.07. The fourth-order valence-electron chi connectivity index (χ4n) is 3.60. The van der Waals surface area contributed by atoms with Gasteiger partial charge in [-0.3, -0.25) is 0 Å². The van der Waals surface area contributed by atoms with Gasteiger partial charge in [0.15, 0.2) is 0 Å². The third-order valence-corrected chi connectivity index (χ3v) is 5.52. The van der Waals surface area contributed by atoms with Gasteiger partial charge in [-0.1, -0.05) is 23.7 Å². The Morgan fingerprint density at radius 1 is 0.935 bits per heavy atom. The smallest absolute Gasteiger partial charge is 0.322 e. The van der Waals surface area contributed by atoms with E-state index >= 15 is 0 Å². The van der Waals surface area contributed by atoms with E-state index in [1.165, 1.54) is 5.56 Å². The maximum absolute atomic E-state index is 6.01. The first-order valence-electron chi connectivity index (χ1n) is 9.95. The zero-order valence-electron chi connectivity index (χ0n) is 16.9. The number of hydrogen-bond donors (Lipinski definition) is 1. The number of fused-ring (bicyclic) bond motifs is 2. The highest BCUT2D eigenvalue weighted by Crippen LogP contribution is 2.23. The number of rotatable bonds is 5. The molecular formula is C24H20ClN5O. The summed E-state index contributed by atoms with van der Waals surface area (Å²) in [6.07, 6.45) is 3.42. The molecule has 6 nitrogen and oxygen atoms in total. The van der Waals surface area contributed by atoms with Crippen molar-refractivity contribution in [2.24, 2.45) is 7.05 Å². The van der Waals surface area contributed by atoms with Crippen LogP contribution >= 0.6 is 11.6 Å². The van der Waals surface area contributed by atoms with Gasteiger partial charge in [0.2, 0.25) is 0 Å². The number of nitrogen functional groups attached to an aromatic ring is 1. The van der Waals surface area contributed by atoms with Crippen molar-refractivity contribution in [3.05, 3.63) is 83.3 Å². The molecule has 0 atom stereocenters. The van der Waals surface area contributed by atoms with E-state index < -0.39 is 0 Å². The lowest BCUT2D eigenvalue weighted by atomic mass is 10.1. The van der Waals surface area contributed by atoms with Crippen LogP contribution in [-0.4, -0.2) is 19.5 Å². The van der Waals surface area contributed by atoms with Gasteiger partial charge in [-0.2, -0.15) is 4.98 Å². The summed E-state index contributed by atoms with van der Waals surface area (Å²) in [5.41, 5.74) is 10.7. The molecule has 0 saturated carbocycles. The van der Waals surface area contributed by atoms with Gasteiger partial charge in [0.1, 0.15) is 11.6 Å². The van der Waals surface area contributed by atoms with Crippen molar-refractivity contribution in [2.75, 3.05) is 5.73 Å². The Bertz CT molecular complexity index is 1400. The Balaban J connectivity index is 1.27. The van der Waals surface area contributed by atoms with Gasteiger partial charge in [-0.05, 0) is 60.5 Å². The fourth-order valence-corrected chi connectivity index (χ4v) is 3.78. The Hall–Kier alpha value is -3.64. The van der Waals surface area contributed by atoms with Gasteiger partial charge >= 0.3 is 6.01 Å². The molecule has 0 aliphatic heterocycles. The molecule has 0 spiro atoms. The topological polar surface area (TPSA) is 78.8 Å². The predicted octanol–water partition coefficient (Wildman–Crippen LogP) is 5.33. The Morgan fingerprint density at radius 3 is 2.58 bits per heavy atom. The van der Waals surface area contributed by atoms with Gasteiger partial charge in [-0.15, -0.1) is 0 Å². The van der Waals surface area contributed by atoms with Crippen LogP contribution in [-0.2, 0) is 19.9 Å². The molecule has 5 aromatic rings. The Morgan fingerprint density at radius 2 is 1.74 bits per heavy atom. The van der Waals surface area contributed by atoms with E-state index in [1.54, 1.807) is 12.3 Å². The number of imidazole rings is 1. The van der Waals surface area contributed by atoms with Crippen molar-refractivity contribution < 1.29 is 4.74 Å². The molecule has 0 radical (unpaired) electrons. The molecule has 5 rings (SSSR count). The number of ether oxygens (including phenoxy) is 1. The van der Waals surface area contributed by atoms with Crippen LogP contribution in [0.5, 0.6) is 11.8 Å². The van der Waals surface area contributed by atoms with Gasteiger partial charge in [0.05, 0.1) is 16.6 Å². The molecule has 31 heavy (non-hydrogen) atoms. The van der Waals surface area contributed by atoms with E-state index in [0.29, 0.717) is 16.8 Å². The third kappa shape index (κ3) is 4.02. The second-order valence-corrected chi connectivity index (χ2v) is 7.87. The van der Waals surface area contributed by atoms with Crippen LogP contribution in [0.4, 0.5) is 5.69 Å². The van der Waals surface area contributed by atoms with E-state index in [9.17, 15) is 0 Å². The Labute approximate surface area is 184 Å². The normalized spacial score (nSPS) is 11.3. The second kappa shape index (κ2) is 7.89. The summed E-state index contributed by atoms with van der Waals surface area (Å²) >= 11 is 6.01. The summed E-state index contributed by atoms with van der Waals surface area (Å²) in [5.74, 6) is 1.72. The number of hydrogen-bond acceptors (Lipinski definition) is 5. The molecule has 3 aromatic carbocycles. The van der Waals surface area contributed by atoms with Crippen LogP contribution in [0.25, 0.3) is 21.9 Å². The molecule has 0 unspecified atom stereocenters. The van der Waals surface area contributed by atoms with Crippen LogP contribution in [0, 0.1) is 0 Å². The minimum Gasteiger partial charge on any atom is -0.424 e. The quantitative estimate of drug-likeness (QED) is 0.382. The summed E-state index contributed by atoms with van der Waals surface area (Å²) in [6, 6.07) is 19.6. The summed E-state index contributed by atoms with van der Waals surface area (Å²) in [5, 5.41) is 1.53. The third-order valence-electron chi connectivity index (χ3n) is 5.29. The molecule has 0 aliphatic carbocycles. The molecule has 2 N–H and O–H groups in total. The number of aryl methyl sites for hydroxylation is 3. The zero-order chi connectivity index (χ0) is 21.4. The number of nitrogens with zero attached hydrogens (tertiary/aromatic N) is 4. The SMILES string of the molecule is Cn1c(CCc2ccc(Oc3ncc4cc(Cl)ccc4n3)cc2)nc2ccc(N)cc21. The number of nitrogens with two attached hydrogens (primary N) is 1. The van der Waals surface area contributed by atoms with E-state index in [4.69, 9.17) is 27.1 Å². The van der Waals surface area contributed by atoms with Crippen molar-refractivity contribution in [2.45, 2.75) is 12.8 Å². The summed E-state index contributed by atoms with van der Waals surface area (Å²) in [4.78, 5) is 13.4. The molecule has 2 aromatic heterocycles. The first-order valence-corrected chi connectivity index (χ1v) is 10.3. The summed E-state index contributed by atoms with van der Waals surface area (Å²) in [7, 11) is 2.03. The van der Waals surface area contributed by atoms with Crippen LogP contribution < -0.4 is 10.5 Å². The largest absolute Gasteiger partial charge is 0.424 e. The number of halogens is 1. The molecular weight excluding hydrogens is 410 g/mol. The van der Waals surface area contributed by atoms with Crippen molar-refractivity contribution in [3.8, 4) is 11.8 Å². The van der Waals surface area contributed by atoms with Crippen LogP contribution in [0.2, 0.25) is 5.02 Å². The molecule has 0 saturated heterocycles. The highest BCUT2D eigenvalue weighted by molar-refractivity contribution is 6.31. The molecule has 0 amide bonds. The fraction of sp³-hybridized carbons (Fsp3) is 0.125. The van der Waals surface area contributed by atoms with Crippen LogP contribution in [0.1, 0.15) is 11.4 Å². The van der Waals surface area contributed by atoms with Gasteiger partial charge in [0, 0.05) is 35.8 Å². The minimum absolute atomic E-state index is 0.307. The van der Waals surface area contributed by atoms with Crippen LogP contribution in [0.15, 0.2) is 66.9 Å². The monoisotopic (exact) mass is 429 g/mol. The van der Waals surface area contributed by atoms with Crippen molar-refractivity contribution in [3.63, 3.8) is 0 Å². The molecule has 2 heterocycles. The zero-order valence-corrected chi connectivity index (χ0v) is 17.7. The lowest BCUT2D eigenvalue weighted by molar-refractivity contribution is 0.444. The molecule has 0 fully saturated rings. The number of benzene rings is 3. The van der Waals surface area contributed by atoms with E-state index in [0.717, 1.165) is 46.3 Å². The first-order chi connectivity index (χ1) is 15.0. The van der Waals surface area contributed by atoms with Gasteiger partial charge < -0.3 is 15.0 Å².